The summed E-state index contributed by atoms with van der Waals surface area (Å²) in [7, 11) is 3.38. The number of benzene rings is 2. The number of halogens is 1. The van der Waals surface area contributed by atoms with Crippen LogP contribution in [0.4, 0.5) is 10.1 Å². The van der Waals surface area contributed by atoms with E-state index < -0.39 is 0 Å². The molecule has 3 aliphatic rings. The number of anilines is 1. The number of phenols is 1. The van der Waals surface area contributed by atoms with Gasteiger partial charge in [-0.05, 0) is 91.3 Å². The summed E-state index contributed by atoms with van der Waals surface area (Å²) in [6.07, 6.45) is 5.76. The normalized spacial score (nSPS) is 24.1. The van der Waals surface area contributed by atoms with Crippen molar-refractivity contribution in [2.45, 2.75) is 50.7 Å². The first kappa shape index (κ1) is 24.5. The van der Waals surface area contributed by atoms with Crippen LogP contribution in [0.3, 0.4) is 0 Å². The second-order valence-corrected chi connectivity index (χ2v) is 10.4. The maximum Gasteiger partial charge on any atom is 0.159 e. The fraction of sp³-hybridized carbons (Fsp3) is 0.586. The van der Waals surface area contributed by atoms with Crippen LogP contribution in [0.25, 0.3) is 0 Å². The zero-order valence-corrected chi connectivity index (χ0v) is 20.9. The quantitative estimate of drug-likeness (QED) is 0.551. The molecule has 0 radical (unpaired) electrons. The number of hydrogen-bond acceptors (Lipinski definition) is 5. The molecule has 2 saturated heterocycles. The van der Waals surface area contributed by atoms with Gasteiger partial charge in [-0.15, -0.1) is 0 Å². The molecular weight excluding hydrogens is 445 g/mol. The first-order valence-corrected chi connectivity index (χ1v) is 13.1. The van der Waals surface area contributed by atoms with E-state index in [0.717, 1.165) is 81.6 Å². The van der Waals surface area contributed by atoms with Crippen molar-refractivity contribution in [3.05, 3.63) is 58.9 Å². The minimum absolute atomic E-state index is 0.00593. The van der Waals surface area contributed by atoms with Gasteiger partial charge in [-0.2, -0.15) is 0 Å². The van der Waals surface area contributed by atoms with Crippen LogP contribution in [0.2, 0.25) is 0 Å². The molecule has 2 atom stereocenters. The molecule has 0 amide bonds. The van der Waals surface area contributed by atoms with Crippen molar-refractivity contribution in [1.82, 2.24) is 0 Å². The third-order valence-electron chi connectivity index (χ3n) is 8.58. The lowest BCUT2D eigenvalue weighted by atomic mass is 9.65. The van der Waals surface area contributed by atoms with E-state index in [1.54, 1.807) is 26.4 Å². The lowest BCUT2D eigenvalue weighted by Gasteiger charge is -2.41. The molecule has 190 valence electrons. The van der Waals surface area contributed by atoms with E-state index in [2.05, 4.69) is 11.0 Å². The van der Waals surface area contributed by atoms with E-state index in [1.807, 2.05) is 18.2 Å². The largest absolute Gasteiger partial charge is 0.508 e. The van der Waals surface area contributed by atoms with E-state index in [9.17, 15) is 5.11 Å². The number of fused-ring (bicyclic) bond motifs is 1. The zero-order valence-electron chi connectivity index (χ0n) is 20.9. The Morgan fingerprint density at radius 1 is 0.943 bits per heavy atom. The van der Waals surface area contributed by atoms with Gasteiger partial charge >= 0.3 is 0 Å². The minimum atomic E-state index is -0.177. The van der Waals surface area contributed by atoms with Crippen molar-refractivity contribution in [3.8, 4) is 5.75 Å². The van der Waals surface area contributed by atoms with Crippen LogP contribution in [0.15, 0.2) is 36.4 Å². The molecule has 0 spiro atoms. The molecule has 2 aromatic carbocycles. The fourth-order valence-electron chi connectivity index (χ4n) is 6.76. The van der Waals surface area contributed by atoms with Crippen LogP contribution >= 0.6 is 0 Å². The van der Waals surface area contributed by atoms with Crippen molar-refractivity contribution >= 4 is 5.69 Å². The van der Waals surface area contributed by atoms with Crippen molar-refractivity contribution < 1.29 is 23.7 Å². The molecule has 2 aliphatic heterocycles. The van der Waals surface area contributed by atoms with Crippen molar-refractivity contribution in [2.24, 2.45) is 17.8 Å². The molecule has 2 aromatic rings. The van der Waals surface area contributed by atoms with E-state index >= 15 is 4.39 Å². The van der Waals surface area contributed by atoms with E-state index in [1.165, 1.54) is 5.56 Å². The third-order valence-corrected chi connectivity index (χ3v) is 8.58. The topological polar surface area (TPSA) is 51.2 Å². The average molecular weight is 484 g/mol. The van der Waals surface area contributed by atoms with Crippen LogP contribution in [0, 0.1) is 23.6 Å². The summed E-state index contributed by atoms with van der Waals surface area (Å²) in [5.74, 6) is 1.44. The summed E-state index contributed by atoms with van der Waals surface area (Å²) in [6, 6.07) is 11.5. The summed E-state index contributed by atoms with van der Waals surface area (Å²) < 4.78 is 32.4. The van der Waals surface area contributed by atoms with Crippen molar-refractivity contribution in [1.29, 1.82) is 0 Å². The number of phenolic OH excluding ortho intramolecular Hbond substituents is 1. The highest BCUT2D eigenvalue weighted by Crippen LogP contribution is 2.48. The maximum atomic E-state index is 15.9. The van der Waals surface area contributed by atoms with E-state index in [-0.39, 0.29) is 23.8 Å². The fourth-order valence-corrected chi connectivity index (χ4v) is 6.76. The van der Waals surface area contributed by atoms with Crippen LogP contribution in [-0.2, 0) is 20.6 Å². The van der Waals surface area contributed by atoms with E-state index in [0.29, 0.717) is 17.8 Å². The summed E-state index contributed by atoms with van der Waals surface area (Å²) in [5, 5.41) is 10.1. The molecule has 0 saturated carbocycles. The van der Waals surface area contributed by atoms with Gasteiger partial charge in [0.2, 0.25) is 0 Å². The van der Waals surface area contributed by atoms with Crippen LogP contribution in [0.1, 0.15) is 54.7 Å². The number of piperidine rings is 1. The number of aryl methyl sites for hydroxylation is 1. The molecule has 35 heavy (non-hydrogen) atoms. The van der Waals surface area contributed by atoms with Gasteiger partial charge in [0.15, 0.2) is 6.29 Å². The van der Waals surface area contributed by atoms with Gasteiger partial charge in [0.1, 0.15) is 11.6 Å². The third kappa shape index (κ3) is 5.07. The Labute approximate surface area is 208 Å². The minimum Gasteiger partial charge on any atom is -0.508 e. The summed E-state index contributed by atoms with van der Waals surface area (Å²) in [5.41, 5.74) is 4.05. The van der Waals surface area contributed by atoms with Crippen LogP contribution in [0.5, 0.6) is 5.75 Å². The Morgan fingerprint density at radius 3 is 2.34 bits per heavy atom. The Balaban J connectivity index is 1.40. The highest BCUT2D eigenvalue weighted by Gasteiger charge is 2.38. The lowest BCUT2D eigenvalue weighted by Crippen LogP contribution is -2.39. The van der Waals surface area contributed by atoms with Gasteiger partial charge in [-0.25, -0.2) is 4.39 Å². The second kappa shape index (κ2) is 10.9. The molecule has 2 heterocycles. The molecule has 5 rings (SSSR count). The van der Waals surface area contributed by atoms with Gasteiger partial charge in [-0.1, -0.05) is 12.1 Å². The number of aromatic hydroxyl groups is 1. The van der Waals surface area contributed by atoms with Crippen LogP contribution in [-0.4, -0.2) is 51.9 Å². The van der Waals surface area contributed by atoms with Crippen molar-refractivity contribution in [3.63, 3.8) is 0 Å². The van der Waals surface area contributed by atoms with Gasteiger partial charge in [0, 0.05) is 58.0 Å². The summed E-state index contributed by atoms with van der Waals surface area (Å²) >= 11 is 0. The predicted octanol–water partition coefficient (Wildman–Crippen LogP) is 5.49. The number of ether oxygens (including phenoxy) is 3. The van der Waals surface area contributed by atoms with Crippen LogP contribution < -0.4 is 4.90 Å². The summed E-state index contributed by atoms with van der Waals surface area (Å²) in [4.78, 5) is 2.27. The van der Waals surface area contributed by atoms with Gasteiger partial charge in [-0.3, -0.25) is 0 Å². The molecule has 2 fully saturated rings. The summed E-state index contributed by atoms with van der Waals surface area (Å²) in [6.45, 7) is 3.31. The monoisotopic (exact) mass is 483 g/mol. The number of hydrogen-bond donors (Lipinski definition) is 1. The standard InChI is InChI=1S/C29H38FNO4/c1-33-29(34-2)20-9-13-31(14-10-20)22-4-7-26(27(30)18-22)28-24(19-11-15-35-16-12-19)6-3-21-17-23(32)5-8-25(21)28/h4-5,7-8,17-20,24,28-29,32H,3,6,9-16H2,1-2H3/t24-,28+/m1/s1. The Kier molecular flexibility index (Phi) is 7.61. The number of nitrogens with zero attached hydrogens (tertiary/aromatic N) is 1. The van der Waals surface area contributed by atoms with Crippen molar-refractivity contribution in [2.75, 3.05) is 45.4 Å². The Bertz CT molecular complexity index is 996. The molecule has 1 N–H and O–H groups in total. The van der Waals surface area contributed by atoms with Gasteiger partial charge in [0.25, 0.3) is 0 Å². The first-order chi connectivity index (χ1) is 17.1. The maximum absolute atomic E-state index is 15.9. The van der Waals surface area contributed by atoms with Gasteiger partial charge in [0.05, 0.1) is 0 Å². The second-order valence-electron chi connectivity index (χ2n) is 10.4. The van der Waals surface area contributed by atoms with E-state index in [4.69, 9.17) is 14.2 Å². The predicted molar refractivity (Wildman–Crippen MR) is 134 cm³/mol. The Morgan fingerprint density at radius 2 is 1.66 bits per heavy atom. The Hall–Kier alpha value is -2.15. The lowest BCUT2D eigenvalue weighted by molar-refractivity contribution is -0.141. The molecular formula is C29H38FNO4. The average Bonchev–Trinajstić information content (AvgIpc) is 2.89. The molecule has 1 aliphatic carbocycles. The number of methoxy groups -OCH3 is 2. The molecule has 0 bridgehead atoms. The van der Waals surface area contributed by atoms with Gasteiger partial charge < -0.3 is 24.2 Å². The first-order valence-electron chi connectivity index (χ1n) is 13.1. The SMILES string of the molecule is COC(OC)C1CCN(c2ccc([C@@H]3c4ccc(O)cc4CC[C@@H]3C3CCOCC3)c(F)c2)CC1. The highest BCUT2D eigenvalue weighted by atomic mass is 19.1. The molecule has 5 nitrogen and oxygen atoms in total. The molecule has 6 heteroatoms. The zero-order chi connectivity index (χ0) is 24.4. The molecule has 0 aromatic heterocycles. The number of rotatable bonds is 6. The smallest absolute Gasteiger partial charge is 0.159 e. The molecule has 0 unspecified atom stereocenters. The highest BCUT2D eigenvalue weighted by molar-refractivity contribution is 5.52.